The van der Waals surface area contributed by atoms with E-state index in [0.29, 0.717) is 22.1 Å². The maximum Gasteiger partial charge on any atom is 0.317 e. The summed E-state index contributed by atoms with van der Waals surface area (Å²) in [5.74, 6) is 0.0475. The number of nitrogens with one attached hydrogen (secondary N) is 1. The highest BCUT2D eigenvalue weighted by Crippen LogP contribution is 2.34. The number of esters is 1. The van der Waals surface area contributed by atoms with Crippen LogP contribution < -0.4 is 14.8 Å². The van der Waals surface area contributed by atoms with Gasteiger partial charge in [0.2, 0.25) is 6.79 Å². The molecule has 2 aromatic rings. The van der Waals surface area contributed by atoms with Gasteiger partial charge in [-0.05, 0) is 31.2 Å². The molecule has 1 amide bonds. The number of non-ortho nitro benzene ring substituents is 1. The van der Waals surface area contributed by atoms with Crippen LogP contribution in [0.25, 0.3) is 0 Å². The highest BCUT2D eigenvalue weighted by Gasteiger charge is 2.20. The summed E-state index contributed by atoms with van der Waals surface area (Å²) in [6, 6.07) is 10.8. The molecule has 0 aliphatic carbocycles. The van der Waals surface area contributed by atoms with Crippen molar-refractivity contribution in [2.45, 2.75) is 17.9 Å². The van der Waals surface area contributed by atoms with E-state index in [1.165, 1.54) is 19.1 Å². The Hall–Kier alpha value is -3.27. The van der Waals surface area contributed by atoms with Gasteiger partial charge in [-0.1, -0.05) is 0 Å². The van der Waals surface area contributed by atoms with Crippen molar-refractivity contribution in [1.29, 1.82) is 0 Å². The zero-order valence-electron chi connectivity index (χ0n) is 14.7. The summed E-state index contributed by atoms with van der Waals surface area (Å²) in [6.45, 7) is 1.60. The summed E-state index contributed by atoms with van der Waals surface area (Å²) in [6.07, 6.45) is -0.990. The van der Waals surface area contributed by atoms with E-state index in [-0.39, 0.29) is 18.2 Å². The fraction of sp³-hybridized carbons (Fsp3) is 0.222. The first kappa shape index (κ1) is 19.5. The molecule has 1 atom stereocenters. The number of amides is 1. The van der Waals surface area contributed by atoms with Gasteiger partial charge in [-0.25, -0.2) is 0 Å². The fourth-order valence-corrected chi connectivity index (χ4v) is 2.99. The average molecular weight is 404 g/mol. The largest absolute Gasteiger partial charge is 0.454 e. The molecule has 0 radical (unpaired) electrons. The van der Waals surface area contributed by atoms with E-state index in [2.05, 4.69) is 5.32 Å². The van der Waals surface area contributed by atoms with Crippen LogP contribution in [0, 0.1) is 10.1 Å². The summed E-state index contributed by atoms with van der Waals surface area (Å²) in [5, 5.41) is 13.3. The Kier molecular flexibility index (Phi) is 5.99. The topological polar surface area (TPSA) is 117 Å². The molecule has 1 heterocycles. The lowest BCUT2D eigenvalue weighted by atomic mass is 10.2. The molecule has 10 heteroatoms. The van der Waals surface area contributed by atoms with E-state index in [9.17, 15) is 19.7 Å². The van der Waals surface area contributed by atoms with Gasteiger partial charge < -0.3 is 19.5 Å². The number of thioether (sulfide) groups is 1. The van der Waals surface area contributed by atoms with Gasteiger partial charge in [0, 0.05) is 28.8 Å². The van der Waals surface area contributed by atoms with Gasteiger partial charge in [0.05, 0.1) is 10.7 Å². The monoisotopic (exact) mass is 404 g/mol. The summed E-state index contributed by atoms with van der Waals surface area (Å²) >= 11 is 1.16. The van der Waals surface area contributed by atoms with Crippen molar-refractivity contribution in [3.05, 3.63) is 52.6 Å². The van der Waals surface area contributed by atoms with E-state index in [1.54, 1.807) is 30.3 Å². The first-order valence-electron chi connectivity index (χ1n) is 8.19. The molecule has 0 bridgehead atoms. The lowest BCUT2D eigenvalue weighted by molar-refractivity contribution is -0.384. The van der Waals surface area contributed by atoms with Crippen molar-refractivity contribution >= 4 is 35.0 Å². The van der Waals surface area contributed by atoms with Crippen LogP contribution in [-0.2, 0) is 14.3 Å². The second-order valence-electron chi connectivity index (χ2n) is 5.73. The van der Waals surface area contributed by atoms with Crippen LogP contribution in [0.2, 0.25) is 0 Å². The molecule has 1 aliphatic heterocycles. The number of benzene rings is 2. The number of fused-ring (bicyclic) bond motifs is 1. The fourth-order valence-electron chi connectivity index (χ4n) is 2.31. The lowest BCUT2D eigenvalue weighted by Crippen LogP contribution is -2.30. The maximum absolute atomic E-state index is 12.2. The molecule has 3 rings (SSSR count). The molecule has 146 valence electrons. The summed E-state index contributed by atoms with van der Waals surface area (Å²) in [4.78, 5) is 34.9. The second kappa shape index (κ2) is 8.61. The standard InChI is InChI=1S/C18H16N2O7S/c1-11(18(22)19-12-2-7-15-16(8-12)26-10-25-15)27-17(21)9-28-14-5-3-13(4-6-14)20(23)24/h2-8,11H,9-10H2,1H3,(H,19,22)/t11-/m1/s1. The summed E-state index contributed by atoms with van der Waals surface area (Å²) in [7, 11) is 0. The molecule has 0 saturated heterocycles. The van der Waals surface area contributed by atoms with Crippen molar-refractivity contribution in [2.24, 2.45) is 0 Å². The van der Waals surface area contributed by atoms with Crippen molar-refractivity contribution in [3.8, 4) is 11.5 Å². The molecule has 0 fully saturated rings. The smallest absolute Gasteiger partial charge is 0.317 e. The third-order valence-electron chi connectivity index (χ3n) is 3.72. The SMILES string of the molecule is C[C@@H](OC(=O)CSc1ccc([N+](=O)[O-])cc1)C(=O)Nc1ccc2c(c1)OCO2. The Labute approximate surface area is 164 Å². The number of hydrogen-bond donors (Lipinski definition) is 1. The van der Waals surface area contributed by atoms with Crippen LogP contribution in [0.1, 0.15) is 6.92 Å². The molecule has 1 N–H and O–H groups in total. The lowest BCUT2D eigenvalue weighted by Gasteiger charge is -2.13. The quantitative estimate of drug-likeness (QED) is 0.324. The molecular weight excluding hydrogens is 388 g/mol. The molecule has 0 spiro atoms. The van der Waals surface area contributed by atoms with Crippen LogP contribution in [-0.4, -0.2) is 35.4 Å². The number of carbonyl (C=O) groups excluding carboxylic acids is 2. The number of nitro groups is 1. The molecule has 0 unspecified atom stereocenters. The van der Waals surface area contributed by atoms with Gasteiger partial charge in [-0.2, -0.15) is 0 Å². The zero-order chi connectivity index (χ0) is 20.1. The predicted octanol–water partition coefficient (Wildman–Crippen LogP) is 2.99. The number of ether oxygens (including phenoxy) is 3. The van der Waals surface area contributed by atoms with Gasteiger partial charge in [-0.3, -0.25) is 19.7 Å². The van der Waals surface area contributed by atoms with Crippen molar-refractivity contribution < 1.29 is 28.7 Å². The Morgan fingerprint density at radius 3 is 2.64 bits per heavy atom. The number of rotatable bonds is 7. The molecule has 0 aromatic heterocycles. The van der Waals surface area contributed by atoms with Crippen LogP contribution in [0.3, 0.4) is 0 Å². The molecule has 2 aromatic carbocycles. The Bertz CT molecular complexity index is 901. The highest BCUT2D eigenvalue weighted by atomic mass is 32.2. The van der Waals surface area contributed by atoms with Crippen molar-refractivity contribution in [3.63, 3.8) is 0 Å². The molecule has 28 heavy (non-hydrogen) atoms. The van der Waals surface area contributed by atoms with Gasteiger partial charge in [0.1, 0.15) is 0 Å². The van der Waals surface area contributed by atoms with E-state index in [0.717, 1.165) is 11.8 Å². The third kappa shape index (κ3) is 4.92. The Morgan fingerprint density at radius 1 is 1.21 bits per heavy atom. The minimum absolute atomic E-state index is 0.0271. The van der Waals surface area contributed by atoms with E-state index in [1.807, 2.05) is 0 Å². The molecular formula is C18H16N2O7S. The minimum Gasteiger partial charge on any atom is -0.454 e. The molecule has 0 saturated carbocycles. The predicted molar refractivity (Wildman–Crippen MR) is 101 cm³/mol. The summed E-state index contributed by atoms with van der Waals surface area (Å²) in [5.41, 5.74) is 0.471. The summed E-state index contributed by atoms with van der Waals surface area (Å²) < 4.78 is 15.6. The van der Waals surface area contributed by atoms with E-state index >= 15 is 0 Å². The van der Waals surface area contributed by atoms with Crippen LogP contribution >= 0.6 is 11.8 Å². The van der Waals surface area contributed by atoms with E-state index in [4.69, 9.17) is 14.2 Å². The maximum atomic E-state index is 12.2. The Balaban J connectivity index is 1.46. The number of anilines is 1. The second-order valence-corrected chi connectivity index (χ2v) is 6.78. The van der Waals surface area contributed by atoms with Crippen LogP contribution in [0.4, 0.5) is 11.4 Å². The van der Waals surface area contributed by atoms with Crippen molar-refractivity contribution in [1.82, 2.24) is 0 Å². The highest BCUT2D eigenvalue weighted by molar-refractivity contribution is 8.00. The van der Waals surface area contributed by atoms with Gasteiger partial charge in [-0.15, -0.1) is 11.8 Å². The van der Waals surface area contributed by atoms with Gasteiger partial charge in [0.15, 0.2) is 17.6 Å². The van der Waals surface area contributed by atoms with Crippen molar-refractivity contribution in [2.75, 3.05) is 17.9 Å². The first-order chi connectivity index (χ1) is 13.4. The minimum atomic E-state index is -0.990. The zero-order valence-corrected chi connectivity index (χ0v) is 15.6. The number of hydrogen-bond acceptors (Lipinski definition) is 8. The van der Waals surface area contributed by atoms with Crippen LogP contribution in [0.5, 0.6) is 11.5 Å². The first-order valence-corrected chi connectivity index (χ1v) is 9.18. The molecule has 1 aliphatic rings. The normalized spacial score (nSPS) is 12.9. The third-order valence-corrected chi connectivity index (χ3v) is 4.71. The number of nitro benzene ring substituents is 1. The molecule has 9 nitrogen and oxygen atoms in total. The van der Waals surface area contributed by atoms with E-state index < -0.39 is 22.9 Å². The van der Waals surface area contributed by atoms with Crippen LogP contribution in [0.15, 0.2) is 47.4 Å². The van der Waals surface area contributed by atoms with Gasteiger partial charge >= 0.3 is 5.97 Å². The number of nitrogens with zero attached hydrogens (tertiary/aromatic N) is 1. The Morgan fingerprint density at radius 2 is 1.93 bits per heavy atom. The van der Waals surface area contributed by atoms with Gasteiger partial charge in [0.25, 0.3) is 11.6 Å². The average Bonchev–Trinajstić information content (AvgIpc) is 3.14. The number of carbonyl (C=O) groups is 2.